The molecule has 0 spiro atoms. The van der Waals surface area contributed by atoms with Crippen molar-refractivity contribution in [3.63, 3.8) is 0 Å². The smallest absolute Gasteiger partial charge is 0.259 e. The first kappa shape index (κ1) is 22.0. The Morgan fingerprint density at radius 2 is 2.00 bits per heavy atom. The highest BCUT2D eigenvalue weighted by Gasteiger charge is 2.17. The zero-order valence-corrected chi connectivity index (χ0v) is 18.9. The molecular formula is C25H21FN8O. The van der Waals surface area contributed by atoms with Crippen LogP contribution >= 0.6 is 0 Å². The van der Waals surface area contributed by atoms with E-state index < -0.39 is 0 Å². The lowest BCUT2D eigenvalue weighted by Gasteiger charge is -2.05. The molecule has 0 unspecified atom stereocenters. The molecule has 1 aromatic carbocycles. The molecule has 1 amide bonds. The summed E-state index contributed by atoms with van der Waals surface area (Å²) in [5, 5.41) is 12.1. The Morgan fingerprint density at radius 3 is 2.80 bits per heavy atom. The fourth-order valence-electron chi connectivity index (χ4n) is 3.79. The fraction of sp³-hybridized carbons (Fsp3) is 0.0800. The summed E-state index contributed by atoms with van der Waals surface area (Å²) >= 11 is 0. The molecule has 0 aliphatic heterocycles. The molecule has 4 aromatic heterocycles. The molecule has 0 saturated heterocycles. The lowest BCUT2D eigenvalue weighted by atomic mass is 10.1. The molecule has 9 nitrogen and oxygen atoms in total. The van der Waals surface area contributed by atoms with Gasteiger partial charge >= 0.3 is 0 Å². The first-order chi connectivity index (χ1) is 16.9. The number of pyridine rings is 1. The number of halogens is 1. The minimum atomic E-state index is -0.333. The number of aromatic amines is 2. The maximum Gasteiger partial charge on any atom is 0.259 e. The molecule has 0 fully saturated rings. The summed E-state index contributed by atoms with van der Waals surface area (Å²) in [6.07, 6.45) is 8.01. The van der Waals surface area contributed by atoms with Gasteiger partial charge in [0.25, 0.3) is 5.91 Å². The van der Waals surface area contributed by atoms with Crippen LogP contribution in [0.1, 0.15) is 27.7 Å². The van der Waals surface area contributed by atoms with Gasteiger partial charge in [-0.15, -0.1) is 0 Å². The van der Waals surface area contributed by atoms with Crippen molar-refractivity contribution in [1.82, 2.24) is 29.5 Å². The van der Waals surface area contributed by atoms with Crippen LogP contribution < -0.4 is 5.32 Å². The van der Waals surface area contributed by atoms with Gasteiger partial charge in [-0.3, -0.25) is 10.2 Å². The maximum absolute atomic E-state index is 13.4. The van der Waals surface area contributed by atoms with Crippen molar-refractivity contribution in [3.8, 4) is 11.3 Å². The van der Waals surface area contributed by atoms with Crippen LogP contribution in [0.15, 0.2) is 61.1 Å². The van der Waals surface area contributed by atoms with Gasteiger partial charge in [0.1, 0.15) is 28.9 Å². The minimum absolute atomic E-state index is 0.209. The number of rotatable bonds is 6. The maximum atomic E-state index is 13.4. The number of H-pyrrole nitrogens is 2. The van der Waals surface area contributed by atoms with E-state index in [0.29, 0.717) is 34.2 Å². The number of imidazole rings is 2. The molecule has 0 atom stereocenters. The van der Waals surface area contributed by atoms with Crippen LogP contribution in [0.4, 0.5) is 10.2 Å². The van der Waals surface area contributed by atoms with Crippen molar-refractivity contribution in [2.75, 3.05) is 5.32 Å². The van der Waals surface area contributed by atoms with E-state index in [1.54, 1.807) is 42.7 Å². The Kier molecular flexibility index (Phi) is 5.54. The third-order valence-corrected chi connectivity index (χ3v) is 5.64. The predicted octanol–water partition coefficient (Wildman–Crippen LogP) is 4.47. The molecule has 0 radical (unpaired) electrons. The molecule has 4 heterocycles. The topological polar surface area (TPSA) is 128 Å². The number of aryl methyl sites for hydroxylation is 1. The standard InChI is InChI=1S/C25H21FN8O/c1-14-31-22(15-5-7-16(26)8-6-15)23(34(14)2)19(27)9-10-20-29-13-21(32-20)33-25(35)18-12-30-24-17(18)4-3-11-28-24/h3-13,27H,1-2H3,(H,28,30)(H,29,32)(H,33,35)/b10-9-,27-19?. The highest BCUT2D eigenvalue weighted by Crippen LogP contribution is 2.25. The van der Waals surface area contributed by atoms with Crippen molar-refractivity contribution in [2.24, 2.45) is 7.05 Å². The van der Waals surface area contributed by atoms with Gasteiger partial charge in [0, 0.05) is 30.4 Å². The molecule has 0 bridgehead atoms. The molecule has 5 rings (SSSR count). The monoisotopic (exact) mass is 468 g/mol. The van der Waals surface area contributed by atoms with Crippen molar-refractivity contribution >= 4 is 34.5 Å². The zero-order chi connectivity index (χ0) is 24.5. The fourth-order valence-corrected chi connectivity index (χ4v) is 3.79. The summed E-state index contributed by atoms with van der Waals surface area (Å²) in [7, 11) is 1.83. The summed E-state index contributed by atoms with van der Waals surface area (Å²) in [6.45, 7) is 1.85. The van der Waals surface area contributed by atoms with Gasteiger partial charge in [-0.25, -0.2) is 19.3 Å². The first-order valence-electron chi connectivity index (χ1n) is 10.8. The minimum Gasteiger partial charge on any atom is -0.345 e. The lowest BCUT2D eigenvalue weighted by Crippen LogP contribution is -2.11. The first-order valence-corrected chi connectivity index (χ1v) is 10.8. The number of aromatic nitrogens is 6. The van der Waals surface area contributed by atoms with Crippen molar-refractivity contribution in [3.05, 3.63) is 89.8 Å². The largest absolute Gasteiger partial charge is 0.345 e. The van der Waals surface area contributed by atoms with Crippen LogP contribution in [0.3, 0.4) is 0 Å². The third kappa shape index (κ3) is 4.24. The molecule has 174 valence electrons. The molecule has 0 aliphatic rings. The number of amides is 1. The summed E-state index contributed by atoms with van der Waals surface area (Å²) in [4.78, 5) is 31.7. The molecule has 4 N–H and O–H groups in total. The highest BCUT2D eigenvalue weighted by molar-refractivity contribution is 6.12. The van der Waals surface area contributed by atoms with Crippen molar-refractivity contribution < 1.29 is 9.18 Å². The number of hydrogen-bond donors (Lipinski definition) is 4. The molecule has 0 saturated carbocycles. The second-order valence-electron chi connectivity index (χ2n) is 7.91. The van der Waals surface area contributed by atoms with Crippen molar-refractivity contribution in [2.45, 2.75) is 6.92 Å². The second kappa shape index (κ2) is 8.82. The van der Waals surface area contributed by atoms with Gasteiger partial charge in [0.05, 0.1) is 28.9 Å². The molecule has 10 heteroatoms. The second-order valence-corrected chi connectivity index (χ2v) is 7.91. The summed E-state index contributed by atoms with van der Waals surface area (Å²) in [5.74, 6) is 0.981. The SMILES string of the molecule is Cc1nc(-c2ccc(F)cc2)c(C(=N)/C=C\c2ncc(NC(=O)c3c[nH]c4ncccc34)[nH]2)n1C. The van der Waals surface area contributed by atoms with E-state index in [-0.39, 0.29) is 17.4 Å². The van der Waals surface area contributed by atoms with Crippen LogP contribution in [-0.2, 0) is 7.05 Å². The zero-order valence-electron chi connectivity index (χ0n) is 18.9. The number of nitrogens with one attached hydrogen (secondary N) is 4. The van der Waals surface area contributed by atoms with Crippen LogP contribution in [0.2, 0.25) is 0 Å². The quantitative estimate of drug-likeness (QED) is 0.274. The van der Waals surface area contributed by atoms with E-state index in [1.165, 1.54) is 18.3 Å². The number of benzene rings is 1. The lowest BCUT2D eigenvalue weighted by molar-refractivity contribution is 0.102. The highest BCUT2D eigenvalue weighted by atomic mass is 19.1. The molecule has 5 aromatic rings. The van der Waals surface area contributed by atoms with Gasteiger partial charge in [0.2, 0.25) is 0 Å². The Balaban J connectivity index is 1.33. The van der Waals surface area contributed by atoms with Gasteiger partial charge in [-0.05, 0) is 55.5 Å². The average molecular weight is 468 g/mol. The Labute approximate surface area is 199 Å². The van der Waals surface area contributed by atoms with Crippen LogP contribution in [0, 0.1) is 18.2 Å². The molecule has 0 aliphatic carbocycles. The number of carbonyl (C=O) groups is 1. The van der Waals surface area contributed by atoms with E-state index in [0.717, 1.165) is 16.8 Å². The number of fused-ring (bicyclic) bond motifs is 1. The number of allylic oxidation sites excluding steroid dienone is 1. The summed E-state index contributed by atoms with van der Waals surface area (Å²) < 4.78 is 15.2. The number of hydrogen-bond acceptors (Lipinski definition) is 5. The predicted molar refractivity (Wildman–Crippen MR) is 132 cm³/mol. The summed E-state index contributed by atoms with van der Waals surface area (Å²) in [5.41, 5.74) is 3.23. The number of nitrogens with zero attached hydrogens (tertiary/aromatic N) is 4. The van der Waals surface area contributed by atoms with Crippen LogP contribution in [-0.4, -0.2) is 41.1 Å². The van der Waals surface area contributed by atoms with E-state index in [9.17, 15) is 9.18 Å². The Hall–Kier alpha value is -4.86. The van der Waals surface area contributed by atoms with Gasteiger partial charge in [0.15, 0.2) is 0 Å². The van der Waals surface area contributed by atoms with E-state index in [1.807, 2.05) is 24.6 Å². The summed E-state index contributed by atoms with van der Waals surface area (Å²) in [6, 6.07) is 9.61. The van der Waals surface area contributed by atoms with E-state index >= 15 is 0 Å². The van der Waals surface area contributed by atoms with E-state index in [2.05, 4.69) is 30.2 Å². The molecular weight excluding hydrogens is 447 g/mol. The van der Waals surface area contributed by atoms with E-state index in [4.69, 9.17) is 5.41 Å². The van der Waals surface area contributed by atoms with Crippen LogP contribution in [0.5, 0.6) is 0 Å². The van der Waals surface area contributed by atoms with Gasteiger partial charge in [-0.1, -0.05) is 0 Å². The Morgan fingerprint density at radius 1 is 1.20 bits per heavy atom. The number of carbonyl (C=O) groups excluding carboxylic acids is 1. The third-order valence-electron chi connectivity index (χ3n) is 5.64. The van der Waals surface area contributed by atoms with Crippen molar-refractivity contribution in [1.29, 1.82) is 5.41 Å². The number of anilines is 1. The average Bonchev–Trinajstić information content (AvgIpc) is 3.56. The van der Waals surface area contributed by atoms with Crippen LogP contribution in [0.25, 0.3) is 28.4 Å². The molecule has 35 heavy (non-hydrogen) atoms. The van der Waals surface area contributed by atoms with Gasteiger partial charge < -0.3 is 19.9 Å². The van der Waals surface area contributed by atoms with Gasteiger partial charge in [-0.2, -0.15) is 0 Å². The Bertz CT molecular complexity index is 1590. The normalized spacial score (nSPS) is 11.4.